The fraction of sp³-hybridized carbons (Fsp3) is 0.633. The van der Waals surface area contributed by atoms with Crippen molar-refractivity contribution in [2.24, 2.45) is 23.0 Å². The van der Waals surface area contributed by atoms with E-state index in [9.17, 15) is 19.8 Å². The first-order chi connectivity index (χ1) is 18.0. The summed E-state index contributed by atoms with van der Waals surface area (Å²) >= 11 is 0. The van der Waals surface area contributed by atoms with Crippen LogP contribution in [0, 0.1) is 17.3 Å². The molecule has 210 valence electrons. The first-order valence-electron chi connectivity index (χ1n) is 13.8. The summed E-state index contributed by atoms with van der Waals surface area (Å²) in [6.07, 6.45) is 3.34. The van der Waals surface area contributed by atoms with E-state index in [-0.39, 0.29) is 24.7 Å². The Kier molecular flexibility index (Phi) is 10.3. The highest BCUT2D eigenvalue weighted by Gasteiger charge is 2.43. The van der Waals surface area contributed by atoms with E-state index in [0.29, 0.717) is 29.8 Å². The number of aliphatic hydroxyl groups excluding tert-OH is 2. The largest absolute Gasteiger partial charge is 0.457 e. The fourth-order valence-electron chi connectivity index (χ4n) is 5.24. The van der Waals surface area contributed by atoms with E-state index < -0.39 is 35.6 Å². The van der Waals surface area contributed by atoms with Gasteiger partial charge in [-0.05, 0) is 56.2 Å². The van der Waals surface area contributed by atoms with Crippen molar-refractivity contribution in [3.05, 3.63) is 41.3 Å². The molecule has 0 bridgehead atoms. The Morgan fingerprint density at radius 3 is 2.63 bits per heavy atom. The second-order valence-electron chi connectivity index (χ2n) is 11.4. The number of rotatable bonds is 4. The SMILES string of the molecule is CCCC1C(=O)C(C)(C)C(O)CC(=O)OC(c2ccc3oc(CN)nc3c2)C/C=C(\C)CCCC(C)C1O. The summed E-state index contributed by atoms with van der Waals surface area (Å²) < 4.78 is 11.5. The zero-order valence-electron chi connectivity index (χ0n) is 23.4. The molecule has 5 unspecified atom stereocenters. The molecule has 4 N–H and O–H groups in total. The number of carbonyl (C=O) groups is 2. The third-order valence-electron chi connectivity index (χ3n) is 7.95. The van der Waals surface area contributed by atoms with Gasteiger partial charge in [0.25, 0.3) is 0 Å². The molecule has 1 aromatic carbocycles. The molecule has 38 heavy (non-hydrogen) atoms. The maximum Gasteiger partial charge on any atom is 0.309 e. The number of nitrogens with two attached hydrogens (primary N) is 1. The van der Waals surface area contributed by atoms with Crippen molar-refractivity contribution < 1.29 is 29.0 Å². The van der Waals surface area contributed by atoms with Crippen LogP contribution in [0.4, 0.5) is 0 Å². The van der Waals surface area contributed by atoms with Gasteiger partial charge in [-0.25, -0.2) is 4.98 Å². The molecule has 8 heteroatoms. The molecule has 0 saturated heterocycles. The third-order valence-corrected chi connectivity index (χ3v) is 7.95. The van der Waals surface area contributed by atoms with Crippen LogP contribution in [0.2, 0.25) is 0 Å². The lowest BCUT2D eigenvalue weighted by molar-refractivity contribution is -0.156. The Balaban J connectivity index is 1.93. The van der Waals surface area contributed by atoms with Crippen LogP contribution in [0.15, 0.2) is 34.3 Å². The molecule has 2 aromatic rings. The Morgan fingerprint density at radius 2 is 1.95 bits per heavy atom. The van der Waals surface area contributed by atoms with E-state index in [1.165, 1.54) is 0 Å². The lowest BCUT2D eigenvalue weighted by atomic mass is 9.71. The lowest BCUT2D eigenvalue weighted by Gasteiger charge is -2.36. The number of ether oxygens (including phenoxy) is 1. The van der Waals surface area contributed by atoms with Crippen LogP contribution in [0.3, 0.4) is 0 Å². The highest BCUT2D eigenvalue weighted by Crippen LogP contribution is 2.35. The summed E-state index contributed by atoms with van der Waals surface area (Å²) in [5.41, 5.74) is 7.60. The summed E-state index contributed by atoms with van der Waals surface area (Å²) in [7, 11) is 0. The molecule has 1 aliphatic heterocycles. The van der Waals surface area contributed by atoms with Gasteiger partial charge in [-0.2, -0.15) is 0 Å². The van der Waals surface area contributed by atoms with Crippen LogP contribution in [-0.4, -0.2) is 39.2 Å². The summed E-state index contributed by atoms with van der Waals surface area (Å²) in [4.78, 5) is 31.1. The summed E-state index contributed by atoms with van der Waals surface area (Å²) in [6, 6.07) is 5.47. The Bertz CT molecular complexity index is 1140. The Hall–Kier alpha value is -2.55. The standard InChI is InChI=1S/C30H44N2O6/c1-6-8-21-28(35)19(3)10-7-9-18(2)11-13-23(38-27(34)16-25(33)30(4,5)29(21)36)20-12-14-24-22(15-20)32-26(17-31)37-24/h11-12,14-15,19,21,23,25,28,33,35H,6-10,13,16-17,31H2,1-5H3/b18-11+. The van der Waals surface area contributed by atoms with Crippen LogP contribution in [0.25, 0.3) is 11.1 Å². The number of nitrogens with zero attached hydrogens (tertiary/aromatic N) is 1. The van der Waals surface area contributed by atoms with Crippen molar-refractivity contribution in [1.82, 2.24) is 4.98 Å². The monoisotopic (exact) mass is 528 g/mol. The Morgan fingerprint density at radius 1 is 1.21 bits per heavy atom. The smallest absolute Gasteiger partial charge is 0.309 e. The van der Waals surface area contributed by atoms with Gasteiger partial charge in [0, 0.05) is 12.3 Å². The van der Waals surface area contributed by atoms with Crippen LogP contribution >= 0.6 is 0 Å². The molecule has 0 fully saturated rings. The number of aromatic nitrogens is 1. The quantitative estimate of drug-likeness (QED) is 0.366. The van der Waals surface area contributed by atoms with Gasteiger partial charge in [0.2, 0.25) is 5.89 Å². The highest BCUT2D eigenvalue weighted by atomic mass is 16.5. The lowest BCUT2D eigenvalue weighted by Crippen LogP contribution is -2.46. The van der Waals surface area contributed by atoms with Gasteiger partial charge in [-0.15, -0.1) is 0 Å². The van der Waals surface area contributed by atoms with Crippen LogP contribution in [0.1, 0.15) is 97.1 Å². The van der Waals surface area contributed by atoms with E-state index in [4.69, 9.17) is 14.9 Å². The van der Waals surface area contributed by atoms with E-state index >= 15 is 0 Å². The second-order valence-corrected chi connectivity index (χ2v) is 11.4. The number of benzene rings is 1. The zero-order valence-corrected chi connectivity index (χ0v) is 23.4. The van der Waals surface area contributed by atoms with Gasteiger partial charge in [-0.1, -0.05) is 51.8 Å². The number of allylic oxidation sites excluding steroid dienone is 1. The molecule has 0 saturated carbocycles. The summed E-state index contributed by atoms with van der Waals surface area (Å²) in [5, 5.41) is 22.2. The minimum Gasteiger partial charge on any atom is -0.457 e. The van der Waals surface area contributed by atoms with Crippen LogP contribution in [0.5, 0.6) is 0 Å². The number of cyclic esters (lactones) is 1. The number of carbonyl (C=O) groups excluding carboxylic acids is 2. The van der Waals surface area contributed by atoms with Gasteiger partial charge in [0.1, 0.15) is 17.4 Å². The predicted molar refractivity (Wildman–Crippen MR) is 146 cm³/mol. The number of Topliss-reactive ketones (excluding diaryl/α,β-unsaturated/α-hetero) is 1. The molecule has 1 aromatic heterocycles. The second kappa shape index (κ2) is 13.0. The number of hydrogen-bond donors (Lipinski definition) is 3. The molecule has 8 nitrogen and oxygen atoms in total. The van der Waals surface area contributed by atoms with Crippen molar-refractivity contribution in [3.8, 4) is 0 Å². The van der Waals surface area contributed by atoms with Crippen molar-refractivity contribution in [2.75, 3.05) is 0 Å². The molecule has 2 heterocycles. The molecular weight excluding hydrogens is 484 g/mol. The highest BCUT2D eigenvalue weighted by molar-refractivity contribution is 5.88. The minimum atomic E-state index is -1.25. The number of aliphatic hydroxyl groups is 2. The molecule has 0 radical (unpaired) electrons. The van der Waals surface area contributed by atoms with E-state index in [1.54, 1.807) is 19.9 Å². The predicted octanol–water partition coefficient (Wildman–Crippen LogP) is 5.15. The summed E-state index contributed by atoms with van der Waals surface area (Å²) in [6.45, 7) is 9.49. The average molecular weight is 529 g/mol. The van der Waals surface area contributed by atoms with Gasteiger partial charge >= 0.3 is 5.97 Å². The topological polar surface area (TPSA) is 136 Å². The number of fused-ring (bicyclic) bond motifs is 1. The van der Waals surface area contributed by atoms with Gasteiger partial charge in [-0.3, -0.25) is 9.59 Å². The third kappa shape index (κ3) is 7.10. The molecule has 0 spiro atoms. The Labute approximate surface area is 225 Å². The van der Waals surface area contributed by atoms with Crippen molar-refractivity contribution in [1.29, 1.82) is 0 Å². The number of hydrogen-bond acceptors (Lipinski definition) is 8. The van der Waals surface area contributed by atoms with Crippen molar-refractivity contribution in [2.45, 2.75) is 104 Å². The van der Waals surface area contributed by atoms with Gasteiger partial charge in [0.15, 0.2) is 5.58 Å². The van der Waals surface area contributed by atoms with Crippen molar-refractivity contribution in [3.63, 3.8) is 0 Å². The molecule has 0 amide bonds. The summed E-state index contributed by atoms with van der Waals surface area (Å²) in [5.74, 6) is -1.04. The van der Waals surface area contributed by atoms with E-state index in [0.717, 1.165) is 36.8 Å². The number of oxazole rings is 1. The zero-order chi connectivity index (χ0) is 28.0. The molecule has 1 aliphatic rings. The van der Waals surface area contributed by atoms with Gasteiger partial charge < -0.3 is 25.1 Å². The minimum absolute atomic E-state index is 0.0607. The number of esters is 1. The molecular formula is C30H44N2O6. The van der Waals surface area contributed by atoms with Gasteiger partial charge in [0.05, 0.1) is 30.6 Å². The van der Waals surface area contributed by atoms with Crippen LogP contribution in [-0.2, 0) is 20.9 Å². The maximum atomic E-state index is 13.6. The van der Waals surface area contributed by atoms with Crippen LogP contribution < -0.4 is 5.73 Å². The number of ketones is 1. The fourth-order valence-corrected chi connectivity index (χ4v) is 5.24. The molecule has 0 aliphatic carbocycles. The first kappa shape index (κ1) is 30.0. The molecule has 3 rings (SSSR count). The van der Waals surface area contributed by atoms with E-state index in [1.807, 2.05) is 32.9 Å². The normalized spacial score (nSPS) is 29.6. The maximum absolute atomic E-state index is 13.6. The first-order valence-corrected chi connectivity index (χ1v) is 13.8. The average Bonchev–Trinajstić information content (AvgIpc) is 3.30. The van der Waals surface area contributed by atoms with Crippen molar-refractivity contribution >= 4 is 22.9 Å². The molecule has 5 atom stereocenters. The van der Waals surface area contributed by atoms with E-state index in [2.05, 4.69) is 11.1 Å².